The SMILES string of the molecule is Nc1ccc2oc(C=O)cc2n1. The van der Waals surface area contributed by atoms with Gasteiger partial charge < -0.3 is 10.2 Å². The van der Waals surface area contributed by atoms with E-state index in [9.17, 15) is 4.79 Å². The highest BCUT2D eigenvalue weighted by Crippen LogP contribution is 2.16. The van der Waals surface area contributed by atoms with Crippen LogP contribution in [0.4, 0.5) is 5.82 Å². The summed E-state index contributed by atoms with van der Waals surface area (Å²) in [4.78, 5) is 14.3. The number of nitrogen functional groups attached to an aromatic ring is 1. The van der Waals surface area contributed by atoms with E-state index in [4.69, 9.17) is 10.2 Å². The lowest BCUT2D eigenvalue weighted by Gasteiger charge is -1.88. The molecule has 0 amide bonds. The van der Waals surface area contributed by atoms with E-state index >= 15 is 0 Å². The van der Waals surface area contributed by atoms with E-state index in [1.54, 1.807) is 18.2 Å². The summed E-state index contributed by atoms with van der Waals surface area (Å²) in [6.07, 6.45) is 0.637. The van der Waals surface area contributed by atoms with Gasteiger partial charge in [0.1, 0.15) is 11.3 Å². The molecule has 0 fully saturated rings. The molecule has 12 heavy (non-hydrogen) atoms. The number of nitrogens with zero attached hydrogens (tertiary/aromatic N) is 1. The maximum atomic E-state index is 10.3. The second-order valence-electron chi connectivity index (χ2n) is 2.39. The maximum Gasteiger partial charge on any atom is 0.185 e. The van der Waals surface area contributed by atoms with E-state index in [0.29, 0.717) is 23.2 Å². The van der Waals surface area contributed by atoms with Crippen LogP contribution in [-0.4, -0.2) is 11.3 Å². The molecule has 0 spiro atoms. The number of rotatable bonds is 1. The summed E-state index contributed by atoms with van der Waals surface area (Å²) in [5, 5.41) is 0. The van der Waals surface area contributed by atoms with Crippen LogP contribution in [0.5, 0.6) is 0 Å². The number of aromatic nitrogens is 1. The van der Waals surface area contributed by atoms with E-state index in [1.165, 1.54) is 0 Å². The Balaban J connectivity index is 2.75. The Morgan fingerprint density at radius 3 is 3.08 bits per heavy atom. The third-order valence-electron chi connectivity index (χ3n) is 1.53. The number of anilines is 1. The predicted octanol–water partition coefficient (Wildman–Crippen LogP) is 1.22. The number of aldehydes is 1. The zero-order valence-electron chi connectivity index (χ0n) is 6.15. The number of carbonyl (C=O) groups excluding carboxylic acids is 1. The molecule has 2 heterocycles. The minimum atomic E-state index is 0.267. The molecule has 0 aliphatic rings. The molecule has 0 unspecified atom stereocenters. The van der Waals surface area contributed by atoms with Crippen molar-refractivity contribution in [2.75, 3.05) is 5.73 Å². The summed E-state index contributed by atoms with van der Waals surface area (Å²) in [6.45, 7) is 0. The van der Waals surface area contributed by atoms with Gasteiger partial charge in [-0.1, -0.05) is 0 Å². The molecule has 60 valence electrons. The van der Waals surface area contributed by atoms with Gasteiger partial charge in [-0.05, 0) is 12.1 Å². The lowest BCUT2D eigenvalue weighted by atomic mass is 10.4. The van der Waals surface area contributed by atoms with Gasteiger partial charge in [-0.15, -0.1) is 0 Å². The van der Waals surface area contributed by atoms with Gasteiger partial charge in [0.25, 0.3) is 0 Å². The van der Waals surface area contributed by atoms with Gasteiger partial charge in [-0.3, -0.25) is 4.79 Å². The third kappa shape index (κ3) is 0.934. The van der Waals surface area contributed by atoms with Crippen LogP contribution in [-0.2, 0) is 0 Å². The van der Waals surface area contributed by atoms with Crippen molar-refractivity contribution in [3.8, 4) is 0 Å². The number of fused-ring (bicyclic) bond motifs is 1. The fourth-order valence-electron chi connectivity index (χ4n) is 1.02. The van der Waals surface area contributed by atoms with Gasteiger partial charge in [-0.25, -0.2) is 4.98 Å². The molecule has 2 N–H and O–H groups in total. The Kier molecular flexibility index (Phi) is 1.33. The summed E-state index contributed by atoms with van der Waals surface area (Å²) in [7, 11) is 0. The van der Waals surface area contributed by atoms with E-state index in [2.05, 4.69) is 4.98 Å². The fourth-order valence-corrected chi connectivity index (χ4v) is 1.02. The molecule has 2 aromatic heterocycles. The predicted molar refractivity (Wildman–Crippen MR) is 43.8 cm³/mol. The van der Waals surface area contributed by atoms with Gasteiger partial charge in [0.05, 0.1) is 0 Å². The summed E-state index contributed by atoms with van der Waals surface area (Å²) in [5.41, 5.74) is 6.62. The molecule has 0 aliphatic heterocycles. The monoisotopic (exact) mass is 162 g/mol. The molecule has 0 aromatic carbocycles. The second kappa shape index (κ2) is 2.34. The highest BCUT2D eigenvalue weighted by atomic mass is 16.3. The number of hydrogen-bond donors (Lipinski definition) is 1. The lowest BCUT2D eigenvalue weighted by molar-refractivity contribution is 0.110. The van der Waals surface area contributed by atoms with Gasteiger partial charge in [-0.2, -0.15) is 0 Å². The molecule has 2 aromatic rings. The molecule has 0 saturated carbocycles. The van der Waals surface area contributed by atoms with Crippen LogP contribution in [0.1, 0.15) is 10.6 Å². The number of hydrogen-bond acceptors (Lipinski definition) is 4. The molecule has 0 aliphatic carbocycles. The van der Waals surface area contributed by atoms with Crippen LogP contribution in [0, 0.1) is 0 Å². The smallest absolute Gasteiger partial charge is 0.185 e. The average Bonchev–Trinajstić information content (AvgIpc) is 2.46. The number of nitrogens with two attached hydrogens (primary N) is 1. The number of pyridine rings is 1. The Morgan fingerprint density at radius 1 is 1.50 bits per heavy atom. The van der Waals surface area contributed by atoms with Crippen molar-refractivity contribution in [1.29, 1.82) is 0 Å². The van der Waals surface area contributed by atoms with Crippen LogP contribution in [0.2, 0.25) is 0 Å². The molecular weight excluding hydrogens is 156 g/mol. The van der Waals surface area contributed by atoms with Crippen LogP contribution in [0.3, 0.4) is 0 Å². The highest BCUT2D eigenvalue weighted by molar-refractivity contribution is 5.83. The largest absolute Gasteiger partial charge is 0.452 e. The Bertz CT molecular complexity index is 434. The zero-order chi connectivity index (χ0) is 8.55. The van der Waals surface area contributed by atoms with Gasteiger partial charge in [0.15, 0.2) is 17.6 Å². The van der Waals surface area contributed by atoms with E-state index in [-0.39, 0.29) is 5.76 Å². The maximum absolute atomic E-state index is 10.3. The molecule has 0 bridgehead atoms. The summed E-state index contributed by atoms with van der Waals surface area (Å²) >= 11 is 0. The molecule has 0 radical (unpaired) electrons. The minimum Gasteiger partial charge on any atom is -0.452 e. The standard InChI is InChI=1S/C8H6N2O2/c9-8-2-1-7-6(10-8)3-5(4-11)12-7/h1-4H,(H2,9,10). The fraction of sp³-hybridized carbons (Fsp3) is 0. The molecule has 0 atom stereocenters. The average molecular weight is 162 g/mol. The normalized spacial score (nSPS) is 10.3. The van der Waals surface area contributed by atoms with Crippen LogP contribution in [0.15, 0.2) is 22.6 Å². The minimum absolute atomic E-state index is 0.267. The van der Waals surface area contributed by atoms with Crippen LogP contribution in [0.25, 0.3) is 11.1 Å². The Labute approximate surface area is 68.0 Å². The zero-order valence-corrected chi connectivity index (χ0v) is 6.15. The van der Waals surface area contributed by atoms with Gasteiger partial charge in [0.2, 0.25) is 0 Å². The van der Waals surface area contributed by atoms with Gasteiger partial charge in [0, 0.05) is 6.07 Å². The first kappa shape index (κ1) is 6.84. The first-order valence-corrected chi connectivity index (χ1v) is 3.41. The van der Waals surface area contributed by atoms with Crippen molar-refractivity contribution in [2.45, 2.75) is 0 Å². The van der Waals surface area contributed by atoms with E-state index in [0.717, 1.165) is 0 Å². The molecule has 4 heteroatoms. The van der Waals surface area contributed by atoms with Crippen molar-refractivity contribution in [3.05, 3.63) is 24.0 Å². The van der Waals surface area contributed by atoms with Crippen molar-refractivity contribution in [3.63, 3.8) is 0 Å². The highest BCUT2D eigenvalue weighted by Gasteiger charge is 2.02. The van der Waals surface area contributed by atoms with Crippen LogP contribution < -0.4 is 5.73 Å². The first-order chi connectivity index (χ1) is 5.79. The quantitative estimate of drug-likeness (QED) is 0.640. The number of carbonyl (C=O) groups is 1. The summed E-state index contributed by atoms with van der Waals surface area (Å²) in [5.74, 6) is 0.684. The van der Waals surface area contributed by atoms with Gasteiger partial charge >= 0.3 is 0 Å². The van der Waals surface area contributed by atoms with E-state index < -0.39 is 0 Å². The van der Waals surface area contributed by atoms with Crippen molar-refractivity contribution >= 4 is 23.2 Å². The van der Waals surface area contributed by atoms with Crippen LogP contribution >= 0.6 is 0 Å². The van der Waals surface area contributed by atoms with Crippen molar-refractivity contribution in [2.24, 2.45) is 0 Å². The lowest BCUT2D eigenvalue weighted by Crippen LogP contribution is -1.87. The molecule has 2 rings (SSSR count). The first-order valence-electron chi connectivity index (χ1n) is 3.41. The topological polar surface area (TPSA) is 69.1 Å². The van der Waals surface area contributed by atoms with Crippen molar-refractivity contribution < 1.29 is 9.21 Å². The summed E-state index contributed by atoms with van der Waals surface area (Å²) < 4.78 is 5.09. The summed E-state index contributed by atoms with van der Waals surface area (Å²) in [6, 6.07) is 4.86. The molecule has 0 saturated heterocycles. The van der Waals surface area contributed by atoms with Crippen molar-refractivity contribution in [1.82, 2.24) is 4.98 Å². The number of furan rings is 1. The third-order valence-corrected chi connectivity index (χ3v) is 1.53. The Hall–Kier alpha value is -1.84. The second-order valence-corrected chi connectivity index (χ2v) is 2.39. The molecular formula is C8H6N2O2. The molecule has 4 nitrogen and oxygen atoms in total. The Morgan fingerprint density at radius 2 is 2.33 bits per heavy atom. The van der Waals surface area contributed by atoms with E-state index in [1.807, 2.05) is 0 Å².